The van der Waals surface area contributed by atoms with Crippen molar-refractivity contribution in [3.8, 4) is 0 Å². The molecule has 1 aliphatic rings. The molecule has 0 aliphatic heterocycles. The molecule has 0 unspecified atom stereocenters. The number of aromatic nitrogens is 1. The van der Waals surface area contributed by atoms with Crippen LogP contribution in [0, 0.1) is 0 Å². The van der Waals surface area contributed by atoms with Crippen molar-refractivity contribution in [2.45, 2.75) is 39.2 Å². The minimum Gasteiger partial charge on any atom is -0.345 e. The maximum absolute atomic E-state index is 6.10. The van der Waals surface area contributed by atoms with Crippen LogP contribution in [0.5, 0.6) is 0 Å². The summed E-state index contributed by atoms with van der Waals surface area (Å²) in [5.74, 6) is 0. The number of nitrogens with zero attached hydrogens (tertiary/aromatic N) is 1. The summed E-state index contributed by atoms with van der Waals surface area (Å²) >= 11 is 6.10. The van der Waals surface area contributed by atoms with E-state index < -0.39 is 0 Å². The standard InChI is InChI=1S/C14H16ClN/c1-2-16-13-6-4-3-5-11(13)12-9-10(15)7-8-14(12)16/h7-9H,2-6H2,1H3. The lowest BCUT2D eigenvalue weighted by atomic mass is 9.95. The fraction of sp³-hybridized carbons (Fsp3) is 0.429. The molecule has 1 heterocycles. The molecule has 1 aromatic carbocycles. The molecular weight excluding hydrogens is 218 g/mol. The largest absolute Gasteiger partial charge is 0.345 e. The first-order valence-corrected chi connectivity index (χ1v) is 6.48. The molecule has 2 aromatic rings. The third kappa shape index (κ3) is 1.38. The van der Waals surface area contributed by atoms with Crippen molar-refractivity contribution >= 4 is 22.5 Å². The Bertz CT molecular complexity index is 539. The van der Waals surface area contributed by atoms with Gasteiger partial charge in [0.2, 0.25) is 0 Å². The van der Waals surface area contributed by atoms with E-state index in [1.165, 1.54) is 36.6 Å². The van der Waals surface area contributed by atoms with Crippen molar-refractivity contribution in [3.05, 3.63) is 34.5 Å². The Morgan fingerprint density at radius 3 is 2.88 bits per heavy atom. The lowest BCUT2D eigenvalue weighted by Crippen LogP contribution is -2.06. The van der Waals surface area contributed by atoms with E-state index in [0.717, 1.165) is 11.6 Å². The summed E-state index contributed by atoms with van der Waals surface area (Å²) in [5.41, 5.74) is 4.45. The van der Waals surface area contributed by atoms with Gasteiger partial charge < -0.3 is 4.57 Å². The third-order valence-electron chi connectivity index (χ3n) is 3.66. The van der Waals surface area contributed by atoms with Gasteiger partial charge in [-0.25, -0.2) is 0 Å². The number of fused-ring (bicyclic) bond motifs is 3. The number of halogens is 1. The van der Waals surface area contributed by atoms with Crippen molar-refractivity contribution < 1.29 is 0 Å². The highest BCUT2D eigenvalue weighted by Gasteiger charge is 2.18. The van der Waals surface area contributed by atoms with E-state index in [1.807, 2.05) is 6.07 Å². The van der Waals surface area contributed by atoms with Crippen LogP contribution in [0.2, 0.25) is 5.02 Å². The molecule has 0 amide bonds. The van der Waals surface area contributed by atoms with Crippen molar-refractivity contribution in [1.82, 2.24) is 4.57 Å². The summed E-state index contributed by atoms with van der Waals surface area (Å²) in [5, 5.41) is 2.23. The molecule has 0 radical (unpaired) electrons. The number of hydrogen-bond acceptors (Lipinski definition) is 0. The Hall–Kier alpha value is -0.950. The van der Waals surface area contributed by atoms with Crippen molar-refractivity contribution in [1.29, 1.82) is 0 Å². The maximum atomic E-state index is 6.10. The maximum Gasteiger partial charge on any atom is 0.0486 e. The molecule has 0 fully saturated rings. The van der Waals surface area contributed by atoms with Gasteiger partial charge in [0, 0.05) is 28.2 Å². The van der Waals surface area contributed by atoms with E-state index in [0.29, 0.717) is 0 Å². The number of aryl methyl sites for hydroxylation is 2. The molecule has 1 aliphatic carbocycles. The lowest BCUT2D eigenvalue weighted by molar-refractivity contribution is 0.630. The van der Waals surface area contributed by atoms with Gasteiger partial charge in [0.15, 0.2) is 0 Å². The van der Waals surface area contributed by atoms with Crippen LogP contribution in [0.15, 0.2) is 18.2 Å². The van der Waals surface area contributed by atoms with E-state index in [9.17, 15) is 0 Å². The summed E-state index contributed by atoms with van der Waals surface area (Å²) < 4.78 is 2.46. The number of benzene rings is 1. The fourth-order valence-electron chi connectivity index (χ4n) is 2.97. The minimum atomic E-state index is 0.856. The predicted octanol–water partition coefficient (Wildman–Crippen LogP) is 4.19. The van der Waals surface area contributed by atoms with E-state index in [1.54, 1.807) is 11.3 Å². The number of hydrogen-bond donors (Lipinski definition) is 0. The molecular formula is C14H16ClN. The molecule has 1 aromatic heterocycles. The molecule has 1 nitrogen and oxygen atoms in total. The zero-order valence-electron chi connectivity index (χ0n) is 9.59. The summed E-state index contributed by atoms with van der Waals surface area (Å²) in [6.07, 6.45) is 5.11. The zero-order valence-corrected chi connectivity index (χ0v) is 10.3. The van der Waals surface area contributed by atoms with Gasteiger partial charge in [-0.05, 0) is 56.4 Å². The van der Waals surface area contributed by atoms with E-state index in [2.05, 4.69) is 23.6 Å². The van der Waals surface area contributed by atoms with Crippen LogP contribution in [0.1, 0.15) is 31.0 Å². The van der Waals surface area contributed by atoms with Crippen molar-refractivity contribution in [3.63, 3.8) is 0 Å². The first-order valence-electron chi connectivity index (χ1n) is 6.10. The topological polar surface area (TPSA) is 4.93 Å². The Labute approximate surface area is 101 Å². The highest BCUT2D eigenvalue weighted by Crippen LogP contribution is 2.33. The molecule has 3 rings (SSSR count). The highest BCUT2D eigenvalue weighted by atomic mass is 35.5. The van der Waals surface area contributed by atoms with Crippen LogP contribution in [-0.2, 0) is 19.4 Å². The Balaban J connectivity index is 2.37. The van der Waals surface area contributed by atoms with Gasteiger partial charge in [-0.15, -0.1) is 0 Å². The van der Waals surface area contributed by atoms with Gasteiger partial charge >= 0.3 is 0 Å². The highest BCUT2D eigenvalue weighted by molar-refractivity contribution is 6.31. The number of rotatable bonds is 1. The lowest BCUT2D eigenvalue weighted by Gasteiger charge is -2.14. The van der Waals surface area contributed by atoms with Gasteiger partial charge in [-0.2, -0.15) is 0 Å². The molecule has 0 N–H and O–H groups in total. The molecule has 16 heavy (non-hydrogen) atoms. The predicted molar refractivity (Wildman–Crippen MR) is 69.3 cm³/mol. The first-order chi connectivity index (χ1) is 7.81. The van der Waals surface area contributed by atoms with Crippen LogP contribution in [0.4, 0.5) is 0 Å². The monoisotopic (exact) mass is 233 g/mol. The normalized spacial score (nSPS) is 15.4. The average molecular weight is 234 g/mol. The van der Waals surface area contributed by atoms with E-state index in [4.69, 9.17) is 11.6 Å². The van der Waals surface area contributed by atoms with Crippen molar-refractivity contribution in [2.24, 2.45) is 0 Å². The van der Waals surface area contributed by atoms with E-state index in [-0.39, 0.29) is 0 Å². The smallest absolute Gasteiger partial charge is 0.0486 e. The SMILES string of the molecule is CCn1c2c(c3cc(Cl)ccc31)CCCC2. The first kappa shape index (κ1) is 10.2. The Kier molecular flexibility index (Phi) is 2.44. The Morgan fingerprint density at radius 1 is 1.25 bits per heavy atom. The summed E-state index contributed by atoms with van der Waals surface area (Å²) in [7, 11) is 0. The second kappa shape index (κ2) is 3.81. The molecule has 0 saturated carbocycles. The van der Waals surface area contributed by atoms with Gasteiger partial charge in [0.1, 0.15) is 0 Å². The molecule has 0 spiro atoms. The second-order valence-corrected chi connectivity index (χ2v) is 4.97. The van der Waals surface area contributed by atoms with Gasteiger partial charge in [-0.1, -0.05) is 11.6 Å². The average Bonchev–Trinajstić information content (AvgIpc) is 2.62. The molecule has 2 heteroatoms. The third-order valence-corrected chi connectivity index (χ3v) is 3.89. The summed E-state index contributed by atoms with van der Waals surface area (Å²) in [6, 6.07) is 6.30. The quantitative estimate of drug-likeness (QED) is 0.696. The molecule has 0 atom stereocenters. The second-order valence-electron chi connectivity index (χ2n) is 4.54. The van der Waals surface area contributed by atoms with Gasteiger partial charge in [0.25, 0.3) is 0 Å². The van der Waals surface area contributed by atoms with Crippen LogP contribution >= 0.6 is 11.6 Å². The van der Waals surface area contributed by atoms with Crippen molar-refractivity contribution in [2.75, 3.05) is 0 Å². The summed E-state index contributed by atoms with van der Waals surface area (Å²) in [4.78, 5) is 0. The molecule has 0 saturated heterocycles. The Morgan fingerprint density at radius 2 is 2.06 bits per heavy atom. The minimum absolute atomic E-state index is 0.856. The zero-order chi connectivity index (χ0) is 11.1. The van der Waals surface area contributed by atoms with Crippen LogP contribution in [0.25, 0.3) is 10.9 Å². The van der Waals surface area contributed by atoms with E-state index >= 15 is 0 Å². The summed E-state index contributed by atoms with van der Waals surface area (Å²) in [6.45, 7) is 3.29. The van der Waals surface area contributed by atoms with Gasteiger partial charge in [-0.3, -0.25) is 0 Å². The van der Waals surface area contributed by atoms with Crippen LogP contribution in [0.3, 0.4) is 0 Å². The molecule has 84 valence electrons. The van der Waals surface area contributed by atoms with Gasteiger partial charge in [0.05, 0.1) is 0 Å². The van der Waals surface area contributed by atoms with Crippen LogP contribution < -0.4 is 0 Å². The molecule has 0 bridgehead atoms. The fourth-order valence-corrected chi connectivity index (χ4v) is 3.14. The van der Waals surface area contributed by atoms with Crippen LogP contribution in [-0.4, -0.2) is 4.57 Å².